The molecule has 2 N–H and O–H groups in total. The summed E-state index contributed by atoms with van der Waals surface area (Å²) in [7, 11) is 0. The molecule has 78 valence electrons. The van der Waals surface area contributed by atoms with Crippen LogP contribution < -0.4 is 5.73 Å². The van der Waals surface area contributed by atoms with Gasteiger partial charge in [0, 0.05) is 19.3 Å². The van der Waals surface area contributed by atoms with Crippen molar-refractivity contribution in [2.75, 3.05) is 32.8 Å². The molecule has 0 unspecified atom stereocenters. The van der Waals surface area contributed by atoms with Gasteiger partial charge in [-0.05, 0) is 38.9 Å². The van der Waals surface area contributed by atoms with Crippen LogP contribution in [-0.4, -0.2) is 43.8 Å². The van der Waals surface area contributed by atoms with Gasteiger partial charge in [0.2, 0.25) is 0 Å². The lowest BCUT2D eigenvalue weighted by Crippen LogP contribution is -2.40. The summed E-state index contributed by atoms with van der Waals surface area (Å²) in [6.45, 7) is 7.20. The second-order valence-corrected chi connectivity index (χ2v) is 3.61. The van der Waals surface area contributed by atoms with E-state index in [0.717, 1.165) is 45.3 Å². The van der Waals surface area contributed by atoms with Crippen molar-refractivity contribution < 1.29 is 4.74 Å². The van der Waals surface area contributed by atoms with E-state index in [9.17, 15) is 0 Å². The normalized spacial score (nSPS) is 19.6. The van der Waals surface area contributed by atoms with E-state index in [1.807, 2.05) is 0 Å². The van der Waals surface area contributed by atoms with Crippen molar-refractivity contribution in [1.82, 2.24) is 4.90 Å². The van der Waals surface area contributed by atoms with Crippen molar-refractivity contribution >= 4 is 0 Å². The van der Waals surface area contributed by atoms with Gasteiger partial charge in [0.05, 0.1) is 0 Å². The van der Waals surface area contributed by atoms with Crippen LogP contribution in [0.2, 0.25) is 0 Å². The van der Waals surface area contributed by atoms with E-state index in [1.54, 1.807) is 0 Å². The van der Waals surface area contributed by atoms with E-state index < -0.39 is 0 Å². The van der Waals surface area contributed by atoms with Crippen LogP contribution >= 0.6 is 0 Å². The number of nitrogens with two attached hydrogens (primary N) is 1. The van der Waals surface area contributed by atoms with Crippen molar-refractivity contribution in [2.45, 2.75) is 32.2 Å². The average molecular weight is 186 g/mol. The molecular weight excluding hydrogens is 164 g/mol. The third kappa shape index (κ3) is 3.63. The Labute approximate surface area is 81.2 Å². The summed E-state index contributed by atoms with van der Waals surface area (Å²) in [6, 6.07) is 0.741. The predicted octanol–water partition coefficient (Wildman–Crippen LogP) is 0.836. The second kappa shape index (κ2) is 6.35. The highest BCUT2D eigenvalue weighted by molar-refractivity contribution is 4.73. The average Bonchev–Trinajstić information content (AvgIpc) is 2.21. The molecule has 0 spiro atoms. The Balaban J connectivity index is 2.26. The summed E-state index contributed by atoms with van der Waals surface area (Å²) in [5, 5.41) is 0. The predicted molar refractivity (Wildman–Crippen MR) is 54.8 cm³/mol. The van der Waals surface area contributed by atoms with Gasteiger partial charge in [0.25, 0.3) is 0 Å². The molecule has 0 aromatic carbocycles. The minimum Gasteiger partial charge on any atom is -0.381 e. The van der Waals surface area contributed by atoms with Crippen LogP contribution in [0.4, 0.5) is 0 Å². The van der Waals surface area contributed by atoms with E-state index in [4.69, 9.17) is 10.5 Å². The summed E-state index contributed by atoms with van der Waals surface area (Å²) in [6.07, 6.45) is 3.50. The Bertz CT molecular complexity index is 124. The lowest BCUT2D eigenvalue weighted by atomic mass is 10.1. The molecule has 1 rings (SSSR count). The van der Waals surface area contributed by atoms with Gasteiger partial charge in [0.1, 0.15) is 0 Å². The van der Waals surface area contributed by atoms with Crippen molar-refractivity contribution in [3.8, 4) is 0 Å². The summed E-state index contributed by atoms with van der Waals surface area (Å²) in [5.41, 5.74) is 5.51. The van der Waals surface area contributed by atoms with E-state index in [-0.39, 0.29) is 0 Å². The monoisotopic (exact) mass is 186 g/mol. The molecule has 13 heavy (non-hydrogen) atoms. The molecule has 1 fully saturated rings. The molecule has 0 aliphatic carbocycles. The van der Waals surface area contributed by atoms with Crippen LogP contribution in [0, 0.1) is 0 Å². The minimum absolute atomic E-state index is 0.741. The molecule has 1 heterocycles. The van der Waals surface area contributed by atoms with Crippen molar-refractivity contribution in [1.29, 1.82) is 0 Å². The molecule has 1 aliphatic rings. The van der Waals surface area contributed by atoms with Crippen LogP contribution in [0.3, 0.4) is 0 Å². The fourth-order valence-corrected chi connectivity index (χ4v) is 1.94. The highest BCUT2D eigenvalue weighted by atomic mass is 16.5. The van der Waals surface area contributed by atoms with Crippen molar-refractivity contribution in [3.05, 3.63) is 0 Å². The van der Waals surface area contributed by atoms with Crippen molar-refractivity contribution in [2.24, 2.45) is 5.73 Å². The first-order valence-electron chi connectivity index (χ1n) is 5.40. The molecule has 3 heteroatoms. The maximum Gasteiger partial charge on any atom is 0.0480 e. The Hall–Kier alpha value is -0.120. The summed E-state index contributed by atoms with van der Waals surface area (Å²) in [4.78, 5) is 2.54. The molecule has 0 amide bonds. The molecule has 0 atom stereocenters. The first-order valence-corrected chi connectivity index (χ1v) is 5.40. The smallest absolute Gasteiger partial charge is 0.0480 e. The number of ether oxygens (including phenoxy) is 1. The van der Waals surface area contributed by atoms with Gasteiger partial charge in [0.15, 0.2) is 0 Å². The topological polar surface area (TPSA) is 38.5 Å². The zero-order valence-corrected chi connectivity index (χ0v) is 8.67. The summed E-state index contributed by atoms with van der Waals surface area (Å²) in [5.74, 6) is 0. The van der Waals surface area contributed by atoms with Gasteiger partial charge in [-0.25, -0.2) is 0 Å². The first kappa shape index (κ1) is 11.0. The zero-order chi connectivity index (χ0) is 9.52. The second-order valence-electron chi connectivity index (χ2n) is 3.61. The maximum absolute atomic E-state index is 5.51. The number of nitrogens with zero attached hydrogens (tertiary/aromatic N) is 1. The molecule has 3 nitrogen and oxygen atoms in total. The van der Waals surface area contributed by atoms with Crippen LogP contribution in [0.1, 0.15) is 26.2 Å². The van der Waals surface area contributed by atoms with E-state index in [1.165, 1.54) is 12.8 Å². The van der Waals surface area contributed by atoms with Gasteiger partial charge < -0.3 is 15.4 Å². The molecular formula is C10H22N2O. The fourth-order valence-electron chi connectivity index (χ4n) is 1.94. The standard InChI is InChI=1S/C10H22N2O/c1-2-12(7-3-6-11)10-4-8-13-9-5-10/h10H,2-9,11H2,1H3. The van der Waals surface area contributed by atoms with Gasteiger partial charge in [-0.15, -0.1) is 0 Å². The third-order valence-corrected chi connectivity index (χ3v) is 2.76. The molecule has 0 radical (unpaired) electrons. The number of hydrogen-bond donors (Lipinski definition) is 1. The van der Waals surface area contributed by atoms with Gasteiger partial charge in [-0.3, -0.25) is 0 Å². The third-order valence-electron chi connectivity index (χ3n) is 2.76. The van der Waals surface area contributed by atoms with Gasteiger partial charge in [-0.2, -0.15) is 0 Å². The fraction of sp³-hybridized carbons (Fsp3) is 1.00. The quantitative estimate of drug-likeness (QED) is 0.691. The molecule has 1 aliphatic heterocycles. The highest BCUT2D eigenvalue weighted by Gasteiger charge is 2.19. The minimum atomic E-state index is 0.741. The summed E-state index contributed by atoms with van der Waals surface area (Å²) >= 11 is 0. The van der Waals surface area contributed by atoms with Crippen LogP contribution in [-0.2, 0) is 4.74 Å². The Kier molecular flexibility index (Phi) is 5.35. The lowest BCUT2D eigenvalue weighted by Gasteiger charge is -2.33. The van der Waals surface area contributed by atoms with Gasteiger partial charge >= 0.3 is 0 Å². The van der Waals surface area contributed by atoms with Crippen LogP contribution in [0.15, 0.2) is 0 Å². The first-order chi connectivity index (χ1) is 6.38. The van der Waals surface area contributed by atoms with Crippen molar-refractivity contribution in [3.63, 3.8) is 0 Å². The van der Waals surface area contributed by atoms with Crippen LogP contribution in [0.25, 0.3) is 0 Å². The lowest BCUT2D eigenvalue weighted by molar-refractivity contribution is 0.0357. The summed E-state index contributed by atoms with van der Waals surface area (Å²) < 4.78 is 5.35. The van der Waals surface area contributed by atoms with E-state index in [2.05, 4.69) is 11.8 Å². The Morgan fingerprint density at radius 2 is 2.08 bits per heavy atom. The number of rotatable bonds is 5. The van der Waals surface area contributed by atoms with Gasteiger partial charge in [-0.1, -0.05) is 6.92 Å². The largest absolute Gasteiger partial charge is 0.381 e. The number of hydrogen-bond acceptors (Lipinski definition) is 3. The maximum atomic E-state index is 5.51. The van der Waals surface area contributed by atoms with E-state index in [0.29, 0.717) is 0 Å². The SMILES string of the molecule is CCN(CCCN)C1CCOCC1. The molecule has 1 saturated heterocycles. The Morgan fingerprint density at radius 1 is 1.38 bits per heavy atom. The molecule has 0 saturated carbocycles. The molecule has 0 bridgehead atoms. The zero-order valence-electron chi connectivity index (χ0n) is 8.67. The van der Waals surface area contributed by atoms with E-state index >= 15 is 0 Å². The highest BCUT2D eigenvalue weighted by Crippen LogP contribution is 2.14. The molecule has 0 aromatic rings. The Morgan fingerprint density at radius 3 is 2.62 bits per heavy atom. The van der Waals surface area contributed by atoms with Crippen LogP contribution in [0.5, 0.6) is 0 Å². The molecule has 0 aromatic heterocycles.